The summed E-state index contributed by atoms with van der Waals surface area (Å²) in [6.45, 7) is 4.13. The maximum absolute atomic E-state index is 14.8. The van der Waals surface area contributed by atoms with E-state index in [0.29, 0.717) is 37.1 Å². The zero-order valence-electron chi connectivity index (χ0n) is 18.6. The Morgan fingerprint density at radius 2 is 1.97 bits per heavy atom. The highest BCUT2D eigenvalue weighted by molar-refractivity contribution is 6.32. The zero-order valence-corrected chi connectivity index (χ0v) is 20.1. The normalized spacial score (nSPS) is 26.2. The van der Waals surface area contributed by atoms with Gasteiger partial charge in [0.1, 0.15) is 17.7 Å². The van der Waals surface area contributed by atoms with Crippen LogP contribution in [0.2, 0.25) is 10.0 Å². The standard InChI is InChI=1S/C24H23Cl2FN2O5/c1-24(2)22(31)29(23(32)34-24)13-3-4-17(26)20(9-13)33-21-16-7-12(25)8-18(27)15(16)10-19(21)28-6-5-14(30)11-28/h3-4,7-9,14,19,21,30H,5-6,10-11H2,1-2H3/t14-,19+,21+/m1/s1. The van der Waals surface area contributed by atoms with Gasteiger partial charge in [0.15, 0.2) is 5.60 Å². The van der Waals surface area contributed by atoms with E-state index in [4.69, 9.17) is 32.7 Å². The number of aliphatic hydroxyl groups excluding tert-OH is 1. The summed E-state index contributed by atoms with van der Waals surface area (Å²) in [5.41, 5.74) is 0.0883. The van der Waals surface area contributed by atoms with Gasteiger partial charge < -0.3 is 14.6 Å². The number of hydrogen-bond donors (Lipinski definition) is 1. The number of anilines is 1. The second kappa shape index (κ2) is 8.37. The maximum atomic E-state index is 14.8. The molecular weight excluding hydrogens is 486 g/mol. The fourth-order valence-corrected chi connectivity index (χ4v) is 5.26. The highest BCUT2D eigenvalue weighted by Gasteiger charge is 2.48. The number of amides is 2. The molecule has 1 aliphatic carbocycles. The van der Waals surface area contributed by atoms with E-state index in [1.807, 2.05) is 0 Å². The molecule has 0 saturated carbocycles. The minimum Gasteiger partial charge on any atom is -0.482 e. The first-order chi connectivity index (χ1) is 16.0. The number of imide groups is 1. The van der Waals surface area contributed by atoms with Crippen molar-refractivity contribution in [3.63, 3.8) is 0 Å². The van der Waals surface area contributed by atoms with Gasteiger partial charge in [-0.15, -0.1) is 0 Å². The van der Waals surface area contributed by atoms with Crippen LogP contribution in [0.25, 0.3) is 0 Å². The Morgan fingerprint density at radius 1 is 1.21 bits per heavy atom. The van der Waals surface area contributed by atoms with Gasteiger partial charge in [-0.05, 0) is 56.5 Å². The molecule has 5 rings (SSSR count). The third-order valence-corrected chi connectivity index (χ3v) is 7.13. The van der Waals surface area contributed by atoms with E-state index in [1.54, 1.807) is 6.07 Å². The molecule has 2 fully saturated rings. The van der Waals surface area contributed by atoms with Crippen LogP contribution in [0.15, 0.2) is 30.3 Å². The zero-order chi connectivity index (χ0) is 24.4. The number of hydrogen-bond acceptors (Lipinski definition) is 6. The highest BCUT2D eigenvalue weighted by atomic mass is 35.5. The van der Waals surface area contributed by atoms with Gasteiger partial charge >= 0.3 is 6.09 Å². The average molecular weight is 509 g/mol. The molecule has 2 aromatic carbocycles. The summed E-state index contributed by atoms with van der Waals surface area (Å²) in [5.74, 6) is -0.687. The van der Waals surface area contributed by atoms with Crippen molar-refractivity contribution in [2.45, 2.75) is 50.5 Å². The summed E-state index contributed by atoms with van der Waals surface area (Å²) in [4.78, 5) is 28.1. The van der Waals surface area contributed by atoms with Crippen molar-refractivity contribution < 1.29 is 28.6 Å². The predicted molar refractivity (Wildman–Crippen MR) is 124 cm³/mol. The Balaban J connectivity index is 1.52. The van der Waals surface area contributed by atoms with Gasteiger partial charge in [0, 0.05) is 29.7 Å². The number of β-amino-alcohol motifs (C(OH)–C–C–N with tert-alkyl or cyclic N) is 1. The van der Waals surface area contributed by atoms with Crippen LogP contribution in [0, 0.1) is 5.82 Å². The Labute approximate surface area is 205 Å². The van der Waals surface area contributed by atoms with Crippen molar-refractivity contribution in [3.05, 3.63) is 57.3 Å². The predicted octanol–water partition coefficient (Wildman–Crippen LogP) is 4.51. The van der Waals surface area contributed by atoms with E-state index in [0.717, 1.165) is 4.90 Å². The molecule has 7 nitrogen and oxygen atoms in total. The molecule has 2 heterocycles. The molecule has 0 bridgehead atoms. The summed E-state index contributed by atoms with van der Waals surface area (Å²) in [6, 6.07) is 7.26. The van der Waals surface area contributed by atoms with Crippen molar-refractivity contribution in [1.29, 1.82) is 0 Å². The molecule has 0 radical (unpaired) electrons. The number of aliphatic hydroxyl groups is 1. The third-order valence-electron chi connectivity index (χ3n) is 6.60. The van der Waals surface area contributed by atoms with E-state index in [9.17, 15) is 19.1 Å². The van der Waals surface area contributed by atoms with Gasteiger partial charge in [-0.1, -0.05) is 23.2 Å². The second-order valence-corrected chi connectivity index (χ2v) is 10.2. The number of cyclic esters (lactones) is 1. The molecule has 3 atom stereocenters. The smallest absolute Gasteiger partial charge is 0.422 e. The molecule has 0 unspecified atom stereocenters. The summed E-state index contributed by atoms with van der Waals surface area (Å²) >= 11 is 12.6. The number of likely N-dealkylation sites (tertiary alicyclic amines) is 1. The quantitative estimate of drug-likeness (QED) is 0.654. The van der Waals surface area contributed by atoms with Gasteiger partial charge in [-0.25, -0.2) is 14.1 Å². The number of ether oxygens (including phenoxy) is 2. The second-order valence-electron chi connectivity index (χ2n) is 9.34. The van der Waals surface area contributed by atoms with Crippen molar-refractivity contribution in [2.75, 3.05) is 18.0 Å². The Hall–Kier alpha value is -2.39. The lowest BCUT2D eigenvalue weighted by atomic mass is 10.1. The van der Waals surface area contributed by atoms with Crippen molar-refractivity contribution in [2.24, 2.45) is 0 Å². The maximum Gasteiger partial charge on any atom is 0.422 e. The third kappa shape index (κ3) is 3.92. The lowest BCUT2D eigenvalue weighted by Crippen LogP contribution is -2.39. The SMILES string of the molecule is CC1(C)OC(=O)N(c2ccc(Cl)c(O[C@H]3c4cc(Cl)cc(F)c4C[C@@H]3N3CC[C@@H](O)C3)c2)C1=O. The molecule has 1 N–H and O–H groups in total. The Morgan fingerprint density at radius 3 is 2.62 bits per heavy atom. The Kier molecular flexibility index (Phi) is 5.75. The van der Waals surface area contributed by atoms with Gasteiger partial charge in [0.2, 0.25) is 0 Å². The summed E-state index contributed by atoms with van der Waals surface area (Å²) in [6.07, 6.45) is -0.863. The lowest BCUT2D eigenvalue weighted by Gasteiger charge is -2.30. The molecule has 10 heteroatoms. The Bertz CT molecular complexity index is 1190. The number of fused-ring (bicyclic) bond motifs is 1. The molecule has 2 saturated heterocycles. The van der Waals surface area contributed by atoms with E-state index in [1.165, 1.54) is 38.1 Å². The number of rotatable bonds is 4. The van der Waals surface area contributed by atoms with Crippen LogP contribution < -0.4 is 9.64 Å². The van der Waals surface area contributed by atoms with Crippen LogP contribution in [-0.4, -0.2) is 52.8 Å². The van der Waals surface area contributed by atoms with E-state index in [-0.39, 0.29) is 27.5 Å². The summed E-state index contributed by atoms with van der Waals surface area (Å²) in [5, 5.41) is 10.6. The summed E-state index contributed by atoms with van der Waals surface area (Å²) in [7, 11) is 0. The van der Waals surface area contributed by atoms with Crippen LogP contribution in [-0.2, 0) is 16.0 Å². The molecule has 0 spiro atoms. The van der Waals surface area contributed by atoms with Crippen LogP contribution in [0.5, 0.6) is 5.75 Å². The number of benzene rings is 2. The fourth-order valence-electron chi connectivity index (χ4n) is 4.89. The van der Waals surface area contributed by atoms with Gasteiger partial charge in [-0.2, -0.15) is 0 Å². The van der Waals surface area contributed by atoms with E-state index in [2.05, 4.69) is 4.90 Å². The molecule has 2 amide bonds. The molecule has 2 aliphatic heterocycles. The molecule has 34 heavy (non-hydrogen) atoms. The first kappa shape index (κ1) is 23.4. The van der Waals surface area contributed by atoms with Crippen molar-refractivity contribution >= 4 is 40.9 Å². The van der Waals surface area contributed by atoms with Crippen molar-refractivity contribution in [3.8, 4) is 5.75 Å². The lowest BCUT2D eigenvalue weighted by molar-refractivity contribution is -0.127. The van der Waals surface area contributed by atoms with E-state index < -0.39 is 35.6 Å². The molecule has 3 aliphatic rings. The van der Waals surface area contributed by atoms with Crippen LogP contribution >= 0.6 is 23.2 Å². The first-order valence-corrected chi connectivity index (χ1v) is 11.7. The summed E-state index contributed by atoms with van der Waals surface area (Å²) < 4.78 is 26.3. The van der Waals surface area contributed by atoms with Gasteiger partial charge in [-0.3, -0.25) is 9.69 Å². The molecule has 180 valence electrons. The average Bonchev–Trinajstić information content (AvgIpc) is 3.39. The fraction of sp³-hybridized carbons (Fsp3) is 0.417. The highest BCUT2D eigenvalue weighted by Crippen LogP contribution is 2.44. The first-order valence-electron chi connectivity index (χ1n) is 11.0. The minimum absolute atomic E-state index is 0.229. The monoisotopic (exact) mass is 508 g/mol. The number of carbonyl (C=O) groups excluding carboxylic acids is 2. The number of nitrogens with zero attached hydrogens (tertiary/aromatic N) is 2. The number of halogens is 3. The molecule has 2 aromatic rings. The molecule has 0 aromatic heterocycles. The van der Waals surface area contributed by atoms with Crippen LogP contribution in [0.3, 0.4) is 0 Å². The topological polar surface area (TPSA) is 79.3 Å². The van der Waals surface area contributed by atoms with Crippen LogP contribution in [0.1, 0.15) is 37.5 Å². The largest absolute Gasteiger partial charge is 0.482 e. The van der Waals surface area contributed by atoms with Crippen LogP contribution in [0.4, 0.5) is 14.9 Å². The minimum atomic E-state index is -1.28. The van der Waals surface area contributed by atoms with Crippen molar-refractivity contribution in [1.82, 2.24) is 4.90 Å². The van der Waals surface area contributed by atoms with E-state index >= 15 is 0 Å². The molecular formula is C24H23Cl2FN2O5. The van der Waals surface area contributed by atoms with Gasteiger partial charge in [0.25, 0.3) is 5.91 Å². The van der Waals surface area contributed by atoms with Gasteiger partial charge in [0.05, 0.1) is 22.9 Å². The number of carbonyl (C=O) groups is 2.